The molecule has 0 bridgehead atoms. The number of aromatic nitrogens is 1. The molecule has 2 aromatic rings. The van der Waals surface area contributed by atoms with Crippen molar-refractivity contribution in [3.8, 4) is 0 Å². The Balaban J connectivity index is 2.22. The van der Waals surface area contributed by atoms with Gasteiger partial charge in [0.1, 0.15) is 10.6 Å². The van der Waals surface area contributed by atoms with Crippen molar-refractivity contribution < 1.29 is 14.3 Å². The second kappa shape index (κ2) is 6.15. The zero-order valence-corrected chi connectivity index (χ0v) is 13.0. The predicted molar refractivity (Wildman–Crippen MR) is 79.8 cm³/mol. The number of carbonyl (C=O) groups excluding carboxylic acids is 2. The lowest BCUT2D eigenvalue weighted by Gasteiger charge is -2.05. The Hall–Kier alpha value is -1.73. The van der Waals surface area contributed by atoms with Gasteiger partial charge in [0.15, 0.2) is 0 Å². The maximum Gasteiger partial charge on any atom is 0.343 e. The zero-order valence-electron chi connectivity index (χ0n) is 11.4. The van der Waals surface area contributed by atoms with E-state index in [1.807, 2.05) is 6.92 Å². The fraction of sp³-hybridized carbons (Fsp3) is 0.308. The van der Waals surface area contributed by atoms with Crippen LogP contribution in [-0.2, 0) is 4.74 Å². The van der Waals surface area contributed by atoms with Crippen molar-refractivity contribution >= 4 is 39.7 Å². The molecule has 7 heteroatoms. The minimum atomic E-state index is -0.462. The molecule has 2 aromatic heterocycles. The van der Waals surface area contributed by atoms with E-state index in [-0.39, 0.29) is 12.5 Å². The number of esters is 1. The summed E-state index contributed by atoms with van der Waals surface area (Å²) in [5.74, 6) is -0.709. The number of nitrogens with zero attached hydrogens (tertiary/aromatic N) is 1. The summed E-state index contributed by atoms with van der Waals surface area (Å²) >= 11 is 2.58. The van der Waals surface area contributed by atoms with Crippen molar-refractivity contribution in [2.45, 2.75) is 20.8 Å². The van der Waals surface area contributed by atoms with Crippen LogP contribution in [0.15, 0.2) is 11.4 Å². The number of nitrogens with one attached hydrogen (secondary N) is 1. The van der Waals surface area contributed by atoms with Gasteiger partial charge < -0.3 is 10.1 Å². The average molecular weight is 310 g/mol. The first-order chi connectivity index (χ1) is 9.52. The number of anilines is 1. The van der Waals surface area contributed by atoms with Gasteiger partial charge in [-0.1, -0.05) is 0 Å². The Morgan fingerprint density at radius 1 is 1.40 bits per heavy atom. The Kier molecular flexibility index (Phi) is 4.51. The highest BCUT2D eigenvalue weighted by Gasteiger charge is 2.21. The van der Waals surface area contributed by atoms with Gasteiger partial charge in [-0.2, -0.15) is 4.37 Å². The van der Waals surface area contributed by atoms with Gasteiger partial charge in [0.2, 0.25) is 0 Å². The number of hydrogen-bond donors (Lipinski definition) is 1. The SMILES string of the molecule is CCOC(=O)c1c(C)nsc1NC(=O)c1csc(C)c1. The Morgan fingerprint density at radius 3 is 2.75 bits per heavy atom. The molecule has 0 aliphatic rings. The zero-order chi connectivity index (χ0) is 14.7. The molecule has 0 aliphatic heterocycles. The Bertz CT molecular complexity index is 646. The van der Waals surface area contributed by atoms with Crippen molar-refractivity contribution in [3.05, 3.63) is 33.1 Å². The van der Waals surface area contributed by atoms with E-state index in [1.54, 1.807) is 25.3 Å². The van der Waals surface area contributed by atoms with Crippen LogP contribution in [0.2, 0.25) is 0 Å². The van der Waals surface area contributed by atoms with E-state index in [0.29, 0.717) is 21.8 Å². The van der Waals surface area contributed by atoms with Gasteiger partial charge in [-0.25, -0.2) is 4.79 Å². The maximum atomic E-state index is 12.1. The molecular formula is C13H14N2O3S2. The first-order valence-electron chi connectivity index (χ1n) is 6.02. The van der Waals surface area contributed by atoms with Gasteiger partial charge in [0.25, 0.3) is 5.91 Å². The molecule has 5 nitrogen and oxygen atoms in total. The molecule has 0 aliphatic carbocycles. The molecule has 2 rings (SSSR count). The van der Waals surface area contributed by atoms with E-state index in [0.717, 1.165) is 16.4 Å². The minimum Gasteiger partial charge on any atom is -0.462 e. The van der Waals surface area contributed by atoms with Crippen molar-refractivity contribution in [1.29, 1.82) is 0 Å². The molecule has 1 amide bonds. The van der Waals surface area contributed by atoms with Gasteiger partial charge in [-0.05, 0) is 38.4 Å². The topological polar surface area (TPSA) is 68.3 Å². The fourth-order valence-corrected chi connectivity index (χ4v) is 3.10. The second-order valence-corrected chi connectivity index (χ2v) is 5.98. The van der Waals surface area contributed by atoms with Gasteiger partial charge in [0, 0.05) is 10.3 Å². The summed E-state index contributed by atoms with van der Waals surface area (Å²) in [4.78, 5) is 25.0. The molecule has 0 saturated carbocycles. The monoisotopic (exact) mass is 310 g/mol. The molecule has 0 radical (unpaired) electrons. The van der Waals surface area contributed by atoms with Gasteiger partial charge >= 0.3 is 5.97 Å². The van der Waals surface area contributed by atoms with E-state index in [9.17, 15) is 9.59 Å². The quantitative estimate of drug-likeness (QED) is 0.880. The van der Waals surface area contributed by atoms with Crippen LogP contribution in [0, 0.1) is 13.8 Å². The molecule has 0 unspecified atom stereocenters. The maximum absolute atomic E-state index is 12.1. The summed E-state index contributed by atoms with van der Waals surface area (Å²) in [6.07, 6.45) is 0. The van der Waals surface area contributed by atoms with Crippen LogP contribution in [0.3, 0.4) is 0 Å². The van der Waals surface area contributed by atoms with Crippen molar-refractivity contribution in [2.24, 2.45) is 0 Å². The number of aryl methyl sites for hydroxylation is 2. The van der Waals surface area contributed by atoms with E-state index in [2.05, 4.69) is 9.69 Å². The van der Waals surface area contributed by atoms with Crippen LogP contribution in [0.4, 0.5) is 5.00 Å². The van der Waals surface area contributed by atoms with Gasteiger partial charge in [0.05, 0.1) is 17.9 Å². The molecule has 0 atom stereocenters. The highest BCUT2D eigenvalue weighted by Crippen LogP contribution is 2.26. The summed E-state index contributed by atoms with van der Waals surface area (Å²) in [6.45, 7) is 5.67. The van der Waals surface area contributed by atoms with Crippen LogP contribution in [0.5, 0.6) is 0 Å². The molecule has 1 N–H and O–H groups in total. The van der Waals surface area contributed by atoms with Crippen LogP contribution in [-0.4, -0.2) is 22.9 Å². The third-order valence-electron chi connectivity index (χ3n) is 2.56. The number of carbonyl (C=O) groups is 2. The van der Waals surface area contributed by atoms with Gasteiger partial charge in [-0.15, -0.1) is 11.3 Å². The standard InChI is InChI=1S/C13H14N2O3S2/c1-4-18-13(17)10-8(3)15-20-12(10)14-11(16)9-5-7(2)19-6-9/h5-6H,4H2,1-3H3,(H,14,16). The number of ether oxygens (including phenoxy) is 1. The summed E-state index contributed by atoms with van der Waals surface area (Å²) in [5, 5.41) is 4.93. The summed E-state index contributed by atoms with van der Waals surface area (Å²) in [7, 11) is 0. The van der Waals surface area contributed by atoms with Crippen molar-refractivity contribution in [2.75, 3.05) is 11.9 Å². The van der Waals surface area contributed by atoms with E-state index in [1.165, 1.54) is 11.3 Å². The van der Waals surface area contributed by atoms with Crippen LogP contribution in [0.1, 0.15) is 38.2 Å². The van der Waals surface area contributed by atoms with Crippen molar-refractivity contribution in [3.63, 3.8) is 0 Å². The van der Waals surface area contributed by atoms with Gasteiger partial charge in [-0.3, -0.25) is 4.79 Å². The molecule has 2 heterocycles. The average Bonchev–Trinajstić information content (AvgIpc) is 2.96. The third kappa shape index (κ3) is 3.05. The summed E-state index contributed by atoms with van der Waals surface area (Å²) in [5.41, 5.74) is 1.47. The number of hydrogen-bond acceptors (Lipinski definition) is 6. The Labute approximate surface area is 124 Å². The minimum absolute atomic E-state index is 0.247. The third-order valence-corrected chi connectivity index (χ3v) is 4.28. The highest BCUT2D eigenvalue weighted by atomic mass is 32.1. The molecular weight excluding hydrogens is 296 g/mol. The fourth-order valence-electron chi connectivity index (χ4n) is 1.64. The molecule has 0 spiro atoms. The first-order valence-corrected chi connectivity index (χ1v) is 7.68. The van der Waals surface area contributed by atoms with E-state index >= 15 is 0 Å². The molecule has 20 heavy (non-hydrogen) atoms. The molecule has 0 saturated heterocycles. The van der Waals surface area contributed by atoms with Crippen LogP contribution < -0.4 is 5.32 Å². The normalized spacial score (nSPS) is 10.3. The summed E-state index contributed by atoms with van der Waals surface area (Å²) in [6, 6.07) is 1.80. The van der Waals surface area contributed by atoms with E-state index < -0.39 is 5.97 Å². The number of thiophene rings is 1. The number of rotatable bonds is 4. The lowest BCUT2D eigenvalue weighted by atomic mass is 10.2. The number of amides is 1. The Morgan fingerprint density at radius 2 is 2.15 bits per heavy atom. The summed E-state index contributed by atoms with van der Waals surface area (Å²) < 4.78 is 9.08. The predicted octanol–water partition coefficient (Wildman–Crippen LogP) is 3.25. The van der Waals surface area contributed by atoms with Crippen LogP contribution >= 0.6 is 22.9 Å². The highest BCUT2D eigenvalue weighted by molar-refractivity contribution is 7.11. The lowest BCUT2D eigenvalue weighted by molar-refractivity contribution is 0.0527. The molecule has 0 fully saturated rings. The van der Waals surface area contributed by atoms with Crippen molar-refractivity contribution in [1.82, 2.24) is 4.37 Å². The first kappa shape index (κ1) is 14.7. The lowest BCUT2D eigenvalue weighted by Crippen LogP contribution is -2.14. The largest absolute Gasteiger partial charge is 0.462 e. The van der Waals surface area contributed by atoms with Crippen LogP contribution in [0.25, 0.3) is 0 Å². The molecule has 106 valence electrons. The second-order valence-electron chi connectivity index (χ2n) is 4.09. The smallest absolute Gasteiger partial charge is 0.343 e. The molecule has 0 aromatic carbocycles. The van der Waals surface area contributed by atoms with E-state index in [4.69, 9.17) is 4.74 Å².